The van der Waals surface area contributed by atoms with Gasteiger partial charge < -0.3 is 15.3 Å². The predicted molar refractivity (Wildman–Crippen MR) is 67.1 cm³/mol. The van der Waals surface area contributed by atoms with Crippen LogP contribution < -0.4 is 0 Å². The number of hydrogen-bond donors (Lipinski definition) is 3. The highest BCUT2D eigenvalue weighted by Crippen LogP contribution is 2.08. The van der Waals surface area contributed by atoms with Gasteiger partial charge in [-0.15, -0.1) is 0 Å². The maximum atomic E-state index is 11.4. The molecule has 0 heterocycles. The van der Waals surface area contributed by atoms with Crippen molar-refractivity contribution in [3.05, 3.63) is 0 Å². The molecular weight excluding hydrogens is 236 g/mol. The summed E-state index contributed by atoms with van der Waals surface area (Å²) in [6.07, 6.45) is 1.88. The molecule has 0 aliphatic heterocycles. The predicted octanol–water partition coefficient (Wildman–Crippen LogP) is 0.589. The highest BCUT2D eigenvalue weighted by atomic mass is 16.4. The zero-order chi connectivity index (χ0) is 14.0. The van der Waals surface area contributed by atoms with Crippen molar-refractivity contribution in [1.29, 1.82) is 0 Å². The van der Waals surface area contributed by atoms with Crippen molar-refractivity contribution in [2.75, 3.05) is 6.61 Å². The van der Waals surface area contributed by atoms with Crippen LogP contribution in [0.1, 0.15) is 51.9 Å². The lowest BCUT2D eigenvalue weighted by Crippen LogP contribution is -2.37. The van der Waals surface area contributed by atoms with Gasteiger partial charge in [-0.25, -0.2) is 0 Å². The van der Waals surface area contributed by atoms with E-state index in [1.165, 1.54) is 0 Å². The van der Waals surface area contributed by atoms with Crippen molar-refractivity contribution >= 4 is 11.6 Å². The van der Waals surface area contributed by atoms with E-state index in [1.807, 2.05) is 0 Å². The second kappa shape index (κ2) is 10.2. The zero-order valence-electron chi connectivity index (χ0n) is 11.0. The molecule has 0 aliphatic rings. The smallest absolute Gasteiger partial charge is 0.171 e. The molecule has 0 saturated heterocycles. The minimum atomic E-state index is -1.67. The van der Waals surface area contributed by atoms with Gasteiger partial charge in [-0.1, -0.05) is 32.6 Å². The molecule has 0 aromatic rings. The zero-order valence-corrected chi connectivity index (χ0v) is 11.0. The van der Waals surface area contributed by atoms with Crippen LogP contribution in [0.3, 0.4) is 0 Å². The van der Waals surface area contributed by atoms with Gasteiger partial charge in [0.1, 0.15) is 18.0 Å². The van der Waals surface area contributed by atoms with E-state index >= 15 is 0 Å². The molecule has 0 rings (SSSR count). The Kier molecular flexibility index (Phi) is 9.73. The molecule has 0 saturated carbocycles. The first kappa shape index (κ1) is 17.2. The standard InChI is InChI=1S/C13H24O5/c1-2-3-4-5-6-7-10(15)8-11(16)13(18)12(17)9-14/h12-14,17-18H,2-9H2,1H3. The van der Waals surface area contributed by atoms with E-state index in [4.69, 9.17) is 10.2 Å². The third-order valence-corrected chi connectivity index (χ3v) is 2.81. The molecular formula is C13H24O5. The van der Waals surface area contributed by atoms with Gasteiger partial charge in [0.25, 0.3) is 0 Å². The molecule has 0 spiro atoms. The first-order valence-electron chi connectivity index (χ1n) is 6.54. The third-order valence-electron chi connectivity index (χ3n) is 2.81. The van der Waals surface area contributed by atoms with Crippen LogP contribution in [0.15, 0.2) is 0 Å². The molecule has 5 nitrogen and oxygen atoms in total. The summed E-state index contributed by atoms with van der Waals surface area (Å²) in [5.74, 6) is -0.948. The minimum absolute atomic E-state index is 0.222. The maximum Gasteiger partial charge on any atom is 0.171 e. The van der Waals surface area contributed by atoms with Gasteiger partial charge >= 0.3 is 0 Å². The number of aliphatic hydroxyl groups is 3. The van der Waals surface area contributed by atoms with Crippen LogP contribution in [0.2, 0.25) is 0 Å². The Balaban J connectivity index is 3.77. The van der Waals surface area contributed by atoms with Gasteiger partial charge in [0.2, 0.25) is 0 Å². The number of ketones is 2. The van der Waals surface area contributed by atoms with E-state index in [1.54, 1.807) is 0 Å². The van der Waals surface area contributed by atoms with Crippen LogP contribution in [0.4, 0.5) is 0 Å². The number of hydrogen-bond acceptors (Lipinski definition) is 5. The summed E-state index contributed by atoms with van der Waals surface area (Å²) in [5, 5.41) is 26.9. The molecule has 0 bridgehead atoms. The summed E-state index contributed by atoms with van der Waals surface area (Å²) in [7, 11) is 0. The van der Waals surface area contributed by atoms with Crippen molar-refractivity contribution in [2.45, 2.75) is 64.1 Å². The normalized spacial score (nSPS) is 14.2. The average Bonchev–Trinajstić information content (AvgIpc) is 2.36. The molecule has 106 valence electrons. The third kappa shape index (κ3) is 7.53. The van der Waals surface area contributed by atoms with Crippen molar-refractivity contribution in [1.82, 2.24) is 0 Å². The Hall–Kier alpha value is -0.780. The Morgan fingerprint density at radius 1 is 1.06 bits per heavy atom. The lowest BCUT2D eigenvalue weighted by molar-refractivity contribution is -0.138. The fourth-order valence-electron chi connectivity index (χ4n) is 1.63. The summed E-state index contributed by atoms with van der Waals surface area (Å²) in [4.78, 5) is 22.8. The number of rotatable bonds is 11. The molecule has 2 unspecified atom stereocenters. The highest BCUT2D eigenvalue weighted by Gasteiger charge is 2.24. The molecule has 0 aromatic heterocycles. The van der Waals surface area contributed by atoms with E-state index in [9.17, 15) is 14.7 Å². The van der Waals surface area contributed by atoms with Crippen molar-refractivity contribution in [3.63, 3.8) is 0 Å². The quantitative estimate of drug-likeness (QED) is 0.373. The number of carbonyl (C=O) groups is 2. The number of aliphatic hydroxyl groups excluding tert-OH is 3. The molecule has 2 atom stereocenters. The number of Topliss-reactive ketones (excluding diaryl/α,β-unsaturated/α-hetero) is 2. The molecule has 5 heteroatoms. The lowest BCUT2D eigenvalue weighted by Gasteiger charge is -2.13. The largest absolute Gasteiger partial charge is 0.394 e. The molecule has 3 N–H and O–H groups in total. The summed E-state index contributed by atoms with van der Waals surface area (Å²) in [6.45, 7) is 1.41. The molecule has 0 radical (unpaired) electrons. The van der Waals surface area contributed by atoms with E-state index < -0.39 is 24.6 Å². The average molecular weight is 260 g/mol. The Morgan fingerprint density at radius 3 is 2.22 bits per heavy atom. The van der Waals surface area contributed by atoms with E-state index in [0.29, 0.717) is 6.42 Å². The molecule has 0 aliphatic carbocycles. The fourth-order valence-corrected chi connectivity index (χ4v) is 1.63. The van der Waals surface area contributed by atoms with E-state index in [0.717, 1.165) is 32.1 Å². The Morgan fingerprint density at radius 2 is 1.67 bits per heavy atom. The van der Waals surface area contributed by atoms with Crippen molar-refractivity contribution < 1.29 is 24.9 Å². The molecule has 0 fully saturated rings. The molecule has 0 aromatic carbocycles. The van der Waals surface area contributed by atoms with Crippen LogP contribution in [-0.4, -0.2) is 45.7 Å². The number of unbranched alkanes of at least 4 members (excludes halogenated alkanes) is 4. The van der Waals surface area contributed by atoms with Crippen LogP contribution in [0.5, 0.6) is 0 Å². The van der Waals surface area contributed by atoms with Gasteiger partial charge in [-0.3, -0.25) is 9.59 Å². The van der Waals surface area contributed by atoms with E-state index in [2.05, 4.69) is 6.92 Å². The van der Waals surface area contributed by atoms with Gasteiger partial charge in [-0.2, -0.15) is 0 Å². The SMILES string of the molecule is CCCCCCCC(=O)CC(=O)C(O)C(O)CO. The van der Waals surface area contributed by atoms with Crippen molar-refractivity contribution in [2.24, 2.45) is 0 Å². The van der Waals surface area contributed by atoms with Crippen LogP contribution >= 0.6 is 0 Å². The first-order valence-corrected chi connectivity index (χ1v) is 6.54. The topological polar surface area (TPSA) is 94.8 Å². The number of carbonyl (C=O) groups excluding carboxylic acids is 2. The van der Waals surface area contributed by atoms with Gasteiger partial charge in [-0.05, 0) is 6.42 Å². The van der Waals surface area contributed by atoms with Gasteiger partial charge in [0.05, 0.1) is 13.0 Å². The summed E-state index contributed by atoms with van der Waals surface area (Å²) < 4.78 is 0. The van der Waals surface area contributed by atoms with Crippen molar-refractivity contribution in [3.8, 4) is 0 Å². The highest BCUT2D eigenvalue weighted by molar-refractivity contribution is 6.01. The van der Waals surface area contributed by atoms with Crippen LogP contribution in [0, 0.1) is 0 Å². The summed E-state index contributed by atoms with van der Waals surface area (Å²) in [5.41, 5.74) is 0. The van der Waals surface area contributed by atoms with Gasteiger partial charge in [0.15, 0.2) is 5.78 Å². The molecule has 18 heavy (non-hydrogen) atoms. The Labute approximate surface area is 108 Å². The van der Waals surface area contributed by atoms with Gasteiger partial charge in [0, 0.05) is 6.42 Å². The minimum Gasteiger partial charge on any atom is -0.394 e. The fraction of sp³-hybridized carbons (Fsp3) is 0.846. The van der Waals surface area contributed by atoms with Crippen LogP contribution in [-0.2, 0) is 9.59 Å². The second-order valence-electron chi connectivity index (χ2n) is 4.54. The summed E-state index contributed by atoms with van der Waals surface area (Å²) in [6, 6.07) is 0. The van der Waals surface area contributed by atoms with E-state index in [-0.39, 0.29) is 12.2 Å². The monoisotopic (exact) mass is 260 g/mol. The molecule has 0 amide bonds. The second-order valence-corrected chi connectivity index (χ2v) is 4.54. The Bertz CT molecular complexity index is 252. The first-order chi connectivity index (χ1) is 8.52. The maximum absolute atomic E-state index is 11.4. The lowest BCUT2D eigenvalue weighted by atomic mass is 10.0. The van der Waals surface area contributed by atoms with Crippen LogP contribution in [0.25, 0.3) is 0 Å². The summed E-state index contributed by atoms with van der Waals surface area (Å²) >= 11 is 0.